The average molecular weight is 337 g/mol. The van der Waals surface area contributed by atoms with Crippen LogP contribution in [0.1, 0.15) is 18.5 Å². The number of carbonyl (C=O) groups is 1. The molecule has 0 aliphatic carbocycles. The molecule has 2 bridgehead atoms. The van der Waals surface area contributed by atoms with E-state index in [1.54, 1.807) is 7.11 Å². The Morgan fingerprint density at radius 1 is 1.54 bits per heavy atom. The molecule has 4 heterocycles. The van der Waals surface area contributed by atoms with Crippen molar-refractivity contribution in [3.05, 3.63) is 11.9 Å². The second kappa shape index (κ2) is 8.04. The molecule has 1 aromatic rings. The zero-order chi connectivity index (χ0) is 16.9. The van der Waals surface area contributed by atoms with E-state index in [9.17, 15) is 4.79 Å². The lowest BCUT2D eigenvalue weighted by Crippen LogP contribution is -2.58. The number of methoxy groups -OCH3 is 1. The van der Waals surface area contributed by atoms with Crippen LogP contribution in [-0.4, -0.2) is 76.9 Å². The molecule has 0 aromatic carbocycles. The van der Waals surface area contributed by atoms with E-state index in [1.807, 2.05) is 10.9 Å². The van der Waals surface area contributed by atoms with Crippen LogP contribution in [0.3, 0.4) is 0 Å². The average Bonchev–Trinajstić information content (AvgIpc) is 3.03. The number of aliphatic hydroxyl groups is 1. The van der Waals surface area contributed by atoms with Gasteiger partial charge in [-0.3, -0.25) is 14.4 Å². The molecule has 0 spiro atoms. The van der Waals surface area contributed by atoms with E-state index in [0.717, 1.165) is 38.2 Å². The topological polar surface area (TPSA) is 92.5 Å². The monoisotopic (exact) mass is 337 g/mol. The number of fused-ring (bicyclic) bond motifs is 3. The van der Waals surface area contributed by atoms with Gasteiger partial charge in [0.05, 0.1) is 24.8 Å². The summed E-state index contributed by atoms with van der Waals surface area (Å²) in [4.78, 5) is 14.8. The van der Waals surface area contributed by atoms with E-state index in [4.69, 9.17) is 9.84 Å². The highest BCUT2D eigenvalue weighted by atomic mass is 16.5. The molecule has 2 N–H and O–H groups in total. The number of aromatic nitrogens is 3. The molecule has 0 radical (unpaired) electrons. The van der Waals surface area contributed by atoms with Crippen LogP contribution in [0.4, 0.5) is 0 Å². The van der Waals surface area contributed by atoms with Gasteiger partial charge in [0, 0.05) is 45.5 Å². The van der Waals surface area contributed by atoms with Crippen molar-refractivity contribution in [2.75, 3.05) is 40.0 Å². The van der Waals surface area contributed by atoms with Gasteiger partial charge in [0.1, 0.15) is 0 Å². The number of hydrogen-bond acceptors (Lipinski definition) is 6. The van der Waals surface area contributed by atoms with Gasteiger partial charge in [0.2, 0.25) is 5.91 Å². The predicted octanol–water partition coefficient (Wildman–Crippen LogP) is -0.714. The van der Waals surface area contributed by atoms with Crippen molar-refractivity contribution in [3.63, 3.8) is 0 Å². The van der Waals surface area contributed by atoms with Gasteiger partial charge >= 0.3 is 0 Å². The van der Waals surface area contributed by atoms with Crippen molar-refractivity contribution < 1.29 is 14.6 Å². The fraction of sp³-hybridized carbons (Fsp3) is 0.812. The summed E-state index contributed by atoms with van der Waals surface area (Å²) in [5.41, 5.74) is 0.823. The van der Waals surface area contributed by atoms with Crippen molar-refractivity contribution in [2.45, 2.75) is 31.8 Å². The summed E-state index contributed by atoms with van der Waals surface area (Å²) in [6.45, 7) is 3.90. The lowest BCUT2D eigenvalue weighted by molar-refractivity contribution is -0.133. The van der Waals surface area contributed by atoms with Crippen molar-refractivity contribution in [1.29, 1.82) is 0 Å². The van der Waals surface area contributed by atoms with Crippen LogP contribution in [0.25, 0.3) is 0 Å². The normalized spacial score (nSPS) is 28.9. The number of hydrogen-bond donors (Lipinski definition) is 2. The van der Waals surface area contributed by atoms with Gasteiger partial charge in [-0.15, -0.1) is 5.10 Å². The summed E-state index contributed by atoms with van der Waals surface area (Å²) in [5.74, 6) is 0.696. The van der Waals surface area contributed by atoms with Crippen LogP contribution in [0.15, 0.2) is 6.20 Å². The SMILES string of the molecule is COCCNC(=O)[C@@H]1CN2CC[C@H]1C[C@@H]2Cn1cc(CCO)nn1. The van der Waals surface area contributed by atoms with Gasteiger partial charge in [-0.05, 0) is 25.3 Å². The van der Waals surface area contributed by atoms with E-state index in [2.05, 4.69) is 20.5 Å². The van der Waals surface area contributed by atoms with E-state index in [0.29, 0.717) is 31.5 Å². The molecule has 3 saturated heterocycles. The predicted molar refractivity (Wildman–Crippen MR) is 87.3 cm³/mol. The van der Waals surface area contributed by atoms with Crippen molar-refractivity contribution in [1.82, 2.24) is 25.2 Å². The number of carbonyl (C=O) groups excluding carboxylic acids is 1. The number of nitrogens with zero attached hydrogens (tertiary/aromatic N) is 4. The van der Waals surface area contributed by atoms with Gasteiger partial charge in [-0.1, -0.05) is 5.21 Å². The third kappa shape index (κ3) is 3.93. The molecule has 3 aliphatic rings. The summed E-state index contributed by atoms with van der Waals surface area (Å²) < 4.78 is 6.85. The van der Waals surface area contributed by atoms with E-state index in [1.165, 1.54) is 0 Å². The quantitative estimate of drug-likeness (QED) is 0.609. The lowest BCUT2D eigenvalue weighted by atomic mass is 9.75. The number of amides is 1. The van der Waals surface area contributed by atoms with Gasteiger partial charge in [-0.2, -0.15) is 0 Å². The molecule has 3 aliphatic heterocycles. The number of piperidine rings is 3. The van der Waals surface area contributed by atoms with Gasteiger partial charge < -0.3 is 15.2 Å². The summed E-state index contributed by atoms with van der Waals surface area (Å²) in [5, 5.41) is 20.2. The van der Waals surface area contributed by atoms with Crippen LogP contribution in [-0.2, 0) is 22.5 Å². The third-order valence-electron chi connectivity index (χ3n) is 5.17. The molecular formula is C16H27N5O3. The first-order valence-electron chi connectivity index (χ1n) is 8.71. The Hall–Kier alpha value is -1.51. The zero-order valence-corrected chi connectivity index (χ0v) is 14.2. The van der Waals surface area contributed by atoms with E-state index in [-0.39, 0.29) is 18.4 Å². The molecule has 1 unspecified atom stereocenters. The van der Waals surface area contributed by atoms with Gasteiger partial charge in [0.15, 0.2) is 0 Å². The maximum atomic E-state index is 12.4. The number of ether oxygens (including phenoxy) is 1. The molecule has 0 saturated carbocycles. The highest BCUT2D eigenvalue weighted by molar-refractivity contribution is 5.79. The molecule has 134 valence electrons. The Kier molecular flexibility index (Phi) is 5.80. The highest BCUT2D eigenvalue weighted by Gasteiger charge is 2.43. The minimum absolute atomic E-state index is 0.0903. The molecular weight excluding hydrogens is 310 g/mol. The summed E-state index contributed by atoms with van der Waals surface area (Å²) in [7, 11) is 1.64. The fourth-order valence-corrected chi connectivity index (χ4v) is 3.91. The van der Waals surface area contributed by atoms with Gasteiger partial charge in [-0.25, -0.2) is 0 Å². The molecule has 1 aromatic heterocycles. The standard InChI is InChI=1S/C16H27N5O3/c1-24-7-4-17-16(23)15-11-20-5-2-12(15)8-14(20)10-21-9-13(3-6-22)18-19-21/h9,12,14-15,22H,2-8,10-11H2,1H3,(H,17,23)/t12-,14+,15+/m0/s1. The Labute approximate surface area is 142 Å². The van der Waals surface area contributed by atoms with Crippen molar-refractivity contribution >= 4 is 5.91 Å². The fourth-order valence-electron chi connectivity index (χ4n) is 3.91. The molecule has 24 heavy (non-hydrogen) atoms. The minimum atomic E-state index is 0.0903. The largest absolute Gasteiger partial charge is 0.396 e. The first kappa shape index (κ1) is 17.3. The summed E-state index contributed by atoms with van der Waals surface area (Å²) in [6.07, 6.45) is 4.57. The van der Waals surface area contributed by atoms with Crippen LogP contribution < -0.4 is 5.32 Å². The number of nitrogens with one attached hydrogen (secondary N) is 1. The van der Waals surface area contributed by atoms with Crippen LogP contribution in [0.5, 0.6) is 0 Å². The first-order valence-corrected chi connectivity index (χ1v) is 8.71. The Bertz CT molecular complexity index is 550. The van der Waals surface area contributed by atoms with Crippen molar-refractivity contribution in [3.8, 4) is 0 Å². The zero-order valence-electron chi connectivity index (χ0n) is 14.2. The summed E-state index contributed by atoms with van der Waals surface area (Å²) >= 11 is 0. The maximum absolute atomic E-state index is 12.4. The molecule has 1 amide bonds. The Balaban J connectivity index is 1.54. The highest BCUT2D eigenvalue weighted by Crippen LogP contribution is 2.36. The Morgan fingerprint density at radius 3 is 3.12 bits per heavy atom. The molecule has 4 rings (SSSR count). The summed E-state index contributed by atoms with van der Waals surface area (Å²) in [6, 6.07) is 0.412. The molecule has 8 nitrogen and oxygen atoms in total. The smallest absolute Gasteiger partial charge is 0.224 e. The molecule has 3 fully saturated rings. The van der Waals surface area contributed by atoms with Gasteiger partial charge in [0.25, 0.3) is 0 Å². The van der Waals surface area contributed by atoms with Crippen molar-refractivity contribution in [2.24, 2.45) is 11.8 Å². The van der Waals surface area contributed by atoms with Crippen LogP contribution in [0.2, 0.25) is 0 Å². The molecule has 4 atom stereocenters. The van der Waals surface area contributed by atoms with Crippen LogP contribution in [0, 0.1) is 11.8 Å². The minimum Gasteiger partial charge on any atom is -0.396 e. The number of aliphatic hydroxyl groups excluding tert-OH is 1. The Morgan fingerprint density at radius 2 is 2.42 bits per heavy atom. The van der Waals surface area contributed by atoms with Crippen LogP contribution >= 0.6 is 0 Å². The lowest BCUT2D eigenvalue weighted by Gasteiger charge is -2.49. The number of rotatable bonds is 8. The van der Waals surface area contributed by atoms with E-state index < -0.39 is 0 Å². The molecule has 8 heteroatoms. The first-order chi connectivity index (χ1) is 11.7. The second-order valence-corrected chi connectivity index (χ2v) is 6.73. The van der Waals surface area contributed by atoms with E-state index >= 15 is 0 Å². The third-order valence-corrected chi connectivity index (χ3v) is 5.17. The maximum Gasteiger partial charge on any atom is 0.224 e. The second-order valence-electron chi connectivity index (χ2n) is 6.73.